The Hall–Kier alpha value is -0.550. The lowest BCUT2D eigenvalue weighted by atomic mass is 9.96. The minimum absolute atomic E-state index is 0. The van der Waals surface area contributed by atoms with E-state index in [2.05, 4.69) is 45.3 Å². The van der Waals surface area contributed by atoms with Crippen molar-refractivity contribution in [2.45, 2.75) is 19.4 Å². The third kappa shape index (κ3) is 2.62. The molecule has 6 heteroatoms. The summed E-state index contributed by atoms with van der Waals surface area (Å²) >= 11 is 11.7. The van der Waals surface area contributed by atoms with Crippen molar-refractivity contribution in [2.75, 3.05) is 5.32 Å². The fourth-order valence-electron chi connectivity index (χ4n) is 2.33. The molecule has 3 rings (SSSR count). The lowest BCUT2D eigenvalue weighted by Crippen LogP contribution is -2.11. The SMILES string of the molecule is CCc1sc(Br)c(Cl)c1C1N=CNc2ccccc21.Cl. The third-order valence-electron chi connectivity index (χ3n) is 3.22. The van der Waals surface area contributed by atoms with Gasteiger partial charge in [-0.05, 0) is 28.4 Å². The van der Waals surface area contributed by atoms with E-state index in [-0.39, 0.29) is 18.4 Å². The molecule has 1 aliphatic rings. The van der Waals surface area contributed by atoms with Crippen LogP contribution < -0.4 is 5.32 Å². The van der Waals surface area contributed by atoms with Crippen LogP contribution in [-0.4, -0.2) is 6.34 Å². The van der Waals surface area contributed by atoms with Gasteiger partial charge < -0.3 is 5.32 Å². The van der Waals surface area contributed by atoms with Crippen molar-refractivity contribution in [3.63, 3.8) is 0 Å². The number of halogens is 3. The number of thiophene rings is 1. The van der Waals surface area contributed by atoms with E-state index >= 15 is 0 Å². The van der Waals surface area contributed by atoms with Gasteiger partial charge in [0.05, 0.1) is 15.1 Å². The Balaban J connectivity index is 0.00000147. The molecule has 0 aliphatic carbocycles. The zero-order valence-corrected chi connectivity index (χ0v) is 14.7. The largest absolute Gasteiger partial charge is 0.346 e. The number of anilines is 1. The smallest absolute Gasteiger partial charge is 0.106 e. The van der Waals surface area contributed by atoms with E-state index in [0.717, 1.165) is 26.5 Å². The first-order valence-corrected chi connectivity index (χ1v) is 8.04. The summed E-state index contributed by atoms with van der Waals surface area (Å²) in [5.74, 6) is 0. The molecule has 0 saturated heterocycles. The number of hydrogen-bond acceptors (Lipinski definition) is 3. The summed E-state index contributed by atoms with van der Waals surface area (Å²) < 4.78 is 0.993. The monoisotopic (exact) mass is 390 g/mol. The van der Waals surface area contributed by atoms with Crippen molar-refractivity contribution in [2.24, 2.45) is 4.99 Å². The minimum Gasteiger partial charge on any atom is -0.346 e. The Morgan fingerprint density at radius 1 is 1.40 bits per heavy atom. The molecule has 0 saturated carbocycles. The summed E-state index contributed by atoms with van der Waals surface area (Å²) in [7, 11) is 0. The van der Waals surface area contributed by atoms with Gasteiger partial charge in [0, 0.05) is 21.7 Å². The molecule has 1 atom stereocenters. The second-order valence-corrected chi connectivity index (χ2v) is 7.09. The van der Waals surface area contributed by atoms with E-state index in [1.54, 1.807) is 17.7 Å². The van der Waals surface area contributed by atoms with Gasteiger partial charge in [0.15, 0.2) is 0 Å². The number of para-hydroxylation sites is 1. The standard InChI is InChI=1S/C14H12BrClN2S.ClH/c1-2-10-11(12(16)14(15)19-10)13-8-5-3-4-6-9(8)17-7-18-13;/h3-7,13H,2H2,1H3,(H,17,18);1H. The van der Waals surface area contributed by atoms with Gasteiger partial charge in [0.1, 0.15) is 6.04 Å². The number of nitrogens with one attached hydrogen (secondary N) is 1. The van der Waals surface area contributed by atoms with E-state index in [1.807, 2.05) is 12.1 Å². The highest BCUT2D eigenvalue weighted by Gasteiger charge is 2.26. The molecule has 1 aliphatic heterocycles. The minimum atomic E-state index is -0.0116. The number of fused-ring (bicyclic) bond motifs is 1. The number of nitrogens with zero attached hydrogens (tertiary/aromatic N) is 1. The Morgan fingerprint density at radius 3 is 2.90 bits per heavy atom. The molecule has 0 bridgehead atoms. The van der Waals surface area contributed by atoms with Gasteiger partial charge in [-0.1, -0.05) is 36.7 Å². The van der Waals surface area contributed by atoms with Gasteiger partial charge in [0.25, 0.3) is 0 Å². The van der Waals surface area contributed by atoms with Crippen LogP contribution in [0, 0.1) is 0 Å². The van der Waals surface area contributed by atoms with Crippen LogP contribution in [0.3, 0.4) is 0 Å². The first kappa shape index (κ1) is 15.8. The lowest BCUT2D eigenvalue weighted by Gasteiger charge is -2.22. The molecule has 0 amide bonds. The summed E-state index contributed by atoms with van der Waals surface area (Å²) in [6.45, 7) is 2.15. The summed E-state index contributed by atoms with van der Waals surface area (Å²) in [4.78, 5) is 5.88. The molecule has 106 valence electrons. The predicted molar refractivity (Wildman–Crippen MR) is 94.1 cm³/mol. The van der Waals surface area contributed by atoms with E-state index in [1.165, 1.54) is 10.4 Å². The molecule has 0 spiro atoms. The second-order valence-electron chi connectivity index (χ2n) is 4.29. The van der Waals surface area contributed by atoms with E-state index in [0.29, 0.717) is 0 Å². The molecule has 0 fully saturated rings. The molecule has 1 unspecified atom stereocenters. The van der Waals surface area contributed by atoms with Gasteiger partial charge in [-0.15, -0.1) is 23.7 Å². The Morgan fingerprint density at radius 2 is 2.15 bits per heavy atom. The second kappa shape index (κ2) is 6.48. The van der Waals surface area contributed by atoms with Crippen molar-refractivity contribution in [1.29, 1.82) is 0 Å². The van der Waals surface area contributed by atoms with Crippen molar-refractivity contribution in [3.8, 4) is 0 Å². The fraction of sp³-hybridized carbons (Fsp3) is 0.214. The van der Waals surface area contributed by atoms with Crippen LogP contribution in [0.25, 0.3) is 0 Å². The van der Waals surface area contributed by atoms with E-state index in [9.17, 15) is 0 Å². The van der Waals surface area contributed by atoms with Gasteiger partial charge >= 0.3 is 0 Å². The van der Waals surface area contributed by atoms with Crippen molar-refractivity contribution in [1.82, 2.24) is 0 Å². The molecule has 2 heterocycles. The van der Waals surface area contributed by atoms with Crippen LogP contribution in [0.2, 0.25) is 5.02 Å². The summed E-state index contributed by atoms with van der Waals surface area (Å²) in [5.41, 5.74) is 3.40. The van der Waals surface area contributed by atoms with Crippen molar-refractivity contribution < 1.29 is 0 Å². The zero-order chi connectivity index (χ0) is 13.4. The first-order chi connectivity index (χ1) is 9.22. The normalized spacial score (nSPS) is 16.2. The molecule has 20 heavy (non-hydrogen) atoms. The Kier molecular flexibility index (Phi) is 5.13. The Bertz CT molecular complexity index is 655. The van der Waals surface area contributed by atoms with Crippen LogP contribution in [0.1, 0.15) is 29.0 Å². The van der Waals surface area contributed by atoms with Gasteiger partial charge in [0.2, 0.25) is 0 Å². The van der Waals surface area contributed by atoms with Gasteiger partial charge in [-0.2, -0.15) is 0 Å². The topological polar surface area (TPSA) is 24.4 Å². The maximum absolute atomic E-state index is 6.46. The van der Waals surface area contributed by atoms with E-state index in [4.69, 9.17) is 11.6 Å². The van der Waals surface area contributed by atoms with Crippen molar-refractivity contribution in [3.05, 3.63) is 49.1 Å². The number of aliphatic imine (C=N–C) groups is 1. The number of hydrogen-bond donors (Lipinski definition) is 1. The van der Waals surface area contributed by atoms with Crippen LogP contribution in [0.5, 0.6) is 0 Å². The maximum Gasteiger partial charge on any atom is 0.106 e. The van der Waals surface area contributed by atoms with Gasteiger partial charge in [-0.3, -0.25) is 4.99 Å². The highest BCUT2D eigenvalue weighted by Crippen LogP contribution is 2.45. The third-order valence-corrected chi connectivity index (χ3v) is 5.97. The molecule has 1 aromatic heterocycles. The van der Waals surface area contributed by atoms with Crippen molar-refractivity contribution >= 4 is 63.3 Å². The zero-order valence-electron chi connectivity index (χ0n) is 10.7. The quantitative estimate of drug-likeness (QED) is 0.698. The molecular formula is C14H13BrCl2N2S. The van der Waals surface area contributed by atoms with Crippen LogP contribution in [0.15, 0.2) is 33.0 Å². The molecule has 1 N–H and O–H groups in total. The van der Waals surface area contributed by atoms with E-state index < -0.39 is 0 Å². The van der Waals surface area contributed by atoms with Gasteiger partial charge in [-0.25, -0.2) is 0 Å². The summed E-state index contributed by atoms with van der Waals surface area (Å²) in [6.07, 6.45) is 2.72. The predicted octanol–water partition coefficient (Wildman–Crippen LogP) is 5.69. The summed E-state index contributed by atoms with van der Waals surface area (Å²) in [6, 6.07) is 8.21. The molecule has 2 aromatic rings. The highest BCUT2D eigenvalue weighted by atomic mass is 79.9. The number of rotatable bonds is 2. The maximum atomic E-state index is 6.46. The lowest BCUT2D eigenvalue weighted by molar-refractivity contribution is 0.859. The Labute approximate surface area is 141 Å². The molecular weight excluding hydrogens is 379 g/mol. The molecule has 1 aromatic carbocycles. The average Bonchev–Trinajstić information content (AvgIpc) is 2.74. The van der Waals surface area contributed by atoms with Crippen LogP contribution in [-0.2, 0) is 6.42 Å². The first-order valence-electron chi connectivity index (χ1n) is 6.06. The molecule has 0 radical (unpaired) electrons. The summed E-state index contributed by atoms with van der Waals surface area (Å²) in [5, 5.41) is 3.98. The number of benzene rings is 1. The van der Waals surface area contributed by atoms with Crippen LogP contribution in [0.4, 0.5) is 5.69 Å². The highest BCUT2D eigenvalue weighted by molar-refractivity contribution is 9.11. The van der Waals surface area contributed by atoms with Crippen LogP contribution >= 0.6 is 51.3 Å². The fourth-order valence-corrected chi connectivity index (χ4v) is 4.40. The average molecular weight is 392 g/mol. The number of aryl methyl sites for hydroxylation is 1. The molecule has 2 nitrogen and oxygen atoms in total.